The first-order valence-electron chi connectivity index (χ1n) is 5.94. The Balaban J connectivity index is 2.60. The smallest absolute Gasteiger partial charge is 0.235 e. The van der Waals surface area contributed by atoms with E-state index in [0.717, 1.165) is 0 Å². The first-order chi connectivity index (χ1) is 9.62. The highest BCUT2D eigenvalue weighted by molar-refractivity contribution is 6.10. The molecule has 20 heavy (non-hydrogen) atoms. The van der Waals surface area contributed by atoms with E-state index >= 15 is 0 Å². The van der Waals surface area contributed by atoms with Crippen LogP contribution in [0.3, 0.4) is 0 Å². The molecule has 0 saturated heterocycles. The lowest BCUT2D eigenvalue weighted by atomic mass is 10.1. The zero-order valence-electron chi connectivity index (χ0n) is 11.8. The van der Waals surface area contributed by atoms with Gasteiger partial charge in [0.1, 0.15) is 22.8 Å². The topological polar surface area (TPSA) is 62.6 Å². The number of nitrogens with zero attached hydrogens (tertiary/aromatic N) is 2. The van der Waals surface area contributed by atoms with Gasteiger partial charge in [-0.25, -0.2) is 4.98 Å². The number of aryl methyl sites for hydroxylation is 1. The van der Waals surface area contributed by atoms with E-state index in [9.17, 15) is 4.79 Å². The predicted octanol–water partition coefficient (Wildman–Crippen LogP) is 1.68. The van der Waals surface area contributed by atoms with E-state index in [2.05, 4.69) is 4.98 Å². The van der Waals surface area contributed by atoms with Crippen molar-refractivity contribution < 1.29 is 19.0 Å². The number of ether oxygens (including phenoxy) is 3. The second-order valence-corrected chi connectivity index (χ2v) is 4.10. The molecule has 2 aromatic rings. The van der Waals surface area contributed by atoms with Gasteiger partial charge in [-0.2, -0.15) is 0 Å². The van der Waals surface area contributed by atoms with E-state index in [-0.39, 0.29) is 5.78 Å². The number of hydrogen-bond acceptors (Lipinski definition) is 5. The van der Waals surface area contributed by atoms with E-state index in [1.165, 1.54) is 21.3 Å². The van der Waals surface area contributed by atoms with Crippen molar-refractivity contribution in [3.05, 3.63) is 35.9 Å². The summed E-state index contributed by atoms with van der Waals surface area (Å²) in [5.74, 6) is 1.36. The molecule has 1 heterocycles. The largest absolute Gasteiger partial charge is 0.496 e. The first-order valence-corrected chi connectivity index (χ1v) is 5.94. The molecule has 0 bridgehead atoms. The van der Waals surface area contributed by atoms with E-state index in [1.807, 2.05) is 0 Å². The maximum Gasteiger partial charge on any atom is 0.235 e. The van der Waals surface area contributed by atoms with E-state index in [0.29, 0.717) is 28.6 Å². The minimum atomic E-state index is -0.270. The normalized spacial score (nSPS) is 10.2. The molecule has 6 nitrogen and oxygen atoms in total. The quantitative estimate of drug-likeness (QED) is 0.777. The molecule has 0 radical (unpaired) electrons. The third-order valence-electron chi connectivity index (χ3n) is 2.97. The Kier molecular flexibility index (Phi) is 3.93. The van der Waals surface area contributed by atoms with Crippen LogP contribution in [0.4, 0.5) is 0 Å². The number of carbonyl (C=O) groups excluding carboxylic acids is 1. The maximum absolute atomic E-state index is 12.6. The highest BCUT2D eigenvalue weighted by Gasteiger charge is 2.24. The molecular formula is C14H16N2O4. The van der Waals surface area contributed by atoms with Gasteiger partial charge in [0.15, 0.2) is 5.82 Å². The van der Waals surface area contributed by atoms with Gasteiger partial charge < -0.3 is 18.8 Å². The maximum atomic E-state index is 12.6. The molecule has 0 aliphatic rings. The number of carbonyl (C=O) groups is 1. The van der Waals surface area contributed by atoms with Gasteiger partial charge in [-0.3, -0.25) is 4.79 Å². The van der Waals surface area contributed by atoms with Crippen LogP contribution in [-0.4, -0.2) is 36.7 Å². The van der Waals surface area contributed by atoms with Crippen molar-refractivity contribution in [1.82, 2.24) is 9.55 Å². The van der Waals surface area contributed by atoms with Crippen LogP contribution < -0.4 is 14.2 Å². The van der Waals surface area contributed by atoms with Crippen molar-refractivity contribution in [2.24, 2.45) is 7.05 Å². The van der Waals surface area contributed by atoms with E-state index in [4.69, 9.17) is 14.2 Å². The number of aromatic nitrogens is 2. The predicted molar refractivity (Wildman–Crippen MR) is 72.7 cm³/mol. The van der Waals surface area contributed by atoms with Gasteiger partial charge in [-0.1, -0.05) is 0 Å². The van der Waals surface area contributed by atoms with Gasteiger partial charge in [-0.05, 0) is 0 Å². The lowest BCUT2D eigenvalue weighted by Gasteiger charge is -2.14. The molecular weight excluding hydrogens is 260 g/mol. The van der Waals surface area contributed by atoms with Crippen molar-refractivity contribution in [3.63, 3.8) is 0 Å². The van der Waals surface area contributed by atoms with Crippen LogP contribution >= 0.6 is 0 Å². The standard InChI is InChI=1S/C14H16N2O4/c1-16-6-5-15-14(16)13(17)12-10(19-3)7-9(18-2)8-11(12)20-4/h5-8H,1-4H3. The highest BCUT2D eigenvalue weighted by Crippen LogP contribution is 2.35. The number of benzene rings is 1. The molecule has 1 aromatic carbocycles. The number of rotatable bonds is 5. The van der Waals surface area contributed by atoms with E-state index in [1.54, 1.807) is 36.1 Å². The van der Waals surface area contributed by atoms with Gasteiger partial charge in [0, 0.05) is 31.6 Å². The van der Waals surface area contributed by atoms with Crippen LogP contribution in [0.15, 0.2) is 24.5 Å². The summed E-state index contributed by atoms with van der Waals surface area (Å²) in [7, 11) is 6.27. The molecule has 0 aliphatic heterocycles. The molecule has 6 heteroatoms. The van der Waals surface area contributed by atoms with Gasteiger partial charge in [0.2, 0.25) is 5.78 Å². The van der Waals surface area contributed by atoms with Crippen LogP contribution in [0.2, 0.25) is 0 Å². The molecule has 106 valence electrons. The number of hydrogen-bond donors (Lipinski definition) is 0. The van der Waals surface area contributed by atoms with Crippen molar-refractivity contribution >= 4 is 5.78 Å². The van der Waals surface area contributed by atoms with Crippen LogP contribution in [0, 0.1) is 0 Å². The van der Waals surface area contributed by atoms with Crippen molar-refractivity contribution in [2.45, 2.75) is 0 Å². The molecule has 0 N–H and O–H groups in total. The van der Waals surface area contributed by atoms with Gasteiger partial charge in [-0.15, -0.1) is 0 Å². The fourth-order valence-corrected chi connectivity index (χ4v) is 1.93. The zero-order chi connectivity index (χ0) is 14.7. The van der Waals surface area contributed by atoms with Gasteiger partial charge in [0.05, 0.1) is 21.3 Å². The molecule has 0 aliphatic carbocycles. The van der Waals surface area contributed by atoms with E-state index < -0.39 is 0 Å². The average Bonchev–Trinajstić information content (AvgIpc) is 2.91. The SMILES string of the molecule is COc1cc(OC)c(C(=O)c2nccn2C)c(OC)c1. The minimum Gasteiger partial charge on any atom is -0.496 e. The van der Waals surface area contributed by atoms with Crippen LogP contribution in [0.1, 0.15) is 16.2 Å². The Morgan fingerprint density at radius 2 is 1.70 bits per heavy atom. The summed E-state index contributed by atoms with van der Waals surface area (Å²) >= 11 is 0. The van der Waals surface area contributed by atoms with Crippen LogP contribution in [0.5, 0.6) is 17.2 Å². The monoisotopic (exact) mass is 276 g/mol. The Morgan fingerprint density at radius 3 is 2.10 bits per heavy atom. The van der Waals surface area contributed by atoms with Crippen molar-refractivity contribution in [3.8, 4) is 17.2 Å². The molecule has 1 aromatic heterocycles. The second kappa shape index (κ2) is 5.64. The summed E-state index contributed by atoms with van der Waals surface area (Å²) in [5, 5.41) is 0. The zero-order valence-corrected chi connectivity index (χ0v) is 11.8. The van der Waals surface area contributed by atoms with Gasteiger partial charge >= 0.3 is 0 Å². The molecule has 0 atom stereocenters. The van der Waals surface area contributed by atoms with Gasteiger partial charge in [0.25, 0.3) is 0 Å². The lowest BCUT2D eigenvalue weighted by molar-refractivity contribution is 0.102. The molecule has 0 saturated carbocycles. The third-order valence-corrected chi connectivity index (χ3v) is 2.97. The third kappa shape index (κ3) is 2.32. The number of ketones is 1. The highest BCUT2D eigenvalue weighted by atomic mass is 16.5. The Morgan fingerprint density at radius 1 is 1.10 bits per heavy atom. The minimum absolute atomic E-state index is 0.270. The summed E-state index contributed by atoms with van der Waals surface area (Å²) in [5.41, 5.74) is 0.324. The molecule has 2 rings (SSSR count). The molecule has 0 amide bonds. The summed E-state index contributed by atoms with van der Waals surface area (Å²) in [4.78, 5) is 16.7. The second-order valence-electron chi connectivity index (χ2n) is 4.10. The van der Waals surface area contributed by atoms with Crippen molar-refractivity contribution in [1.29, 1.82) is 0 Å². The first kappa shape index (κ1) is 13.9. The summed E-state index contributed by atoms with van der Waals surface area (Å²) in [6.45, 7) is 0. The Labute approximate surface area is 116 Å². The van der Waals surface area contributed by atoms with Crippen LogP contribution in [0.25, 0.3) is 0 Å². The van der Waals surface area contributed by atoms with Crippen LogP contribution in [-0.2, 0) is 7.05 Å². The number of imidazole rings is 1. The van der Waals surface area contributed by atoms with Crippen molar-refractivity contribution in [2.75, 3.05) is 21.3 Å². The Hall–Kier alpha value is -2.50. The summed E-state index contributed by atoms with van der Waals surface area (Å²) in [6, 6.07) is 3.28. The lowest BCUT2D eigenvalue weighted by Crippen LogP contribution is -2.12. The number of methoxy groups -OCH3 is 3. The Bertz CT molecular complexity index is 609. The fraction of sp³-hybridized carbons (Fsp3) is 0.286. The average molecular weight is 276 g/mol. The fourth-order valence-electron chi connectivity index (χ4n) is 1.93. The molecule has 0 spiro atoms. The summed E-state index contributed by atoms with van der Waals surface area (Å²) in [6.07, 6.45) is 3.27. The molecule has 0 fully saturated rings. The molecule has 0 unspecified atom stereocenters. The summed E-state index contributed by atoms with van der Waals surface area (Å²) < 4.78 is 17.3.